The quantitative estimate of drug-likeness (QED) is 0.253. The molecule has 0 N–H and O–H groups in total. The van der Waals surface area contributed by atoms with Crippen LogP contribution in [0.15, 0.2) is 0 Å². The van der Waals surface area contributed by atoms with Crippen LogP contribution in [0.3, 0.4) is 0 Å². The number of hydrogen-bond acceptors (Lipinski definition) is 0. The van der Waals surface area contributed by atoms with E-state index in [4.69, 9.17) is 0 Å². The van der Waals surface area contributed by atoms with Crippen LogP contribution in [0.4, 0.5) is 0 Å². The van der Waals surface area contributed by atoms with Crippen molar-refractivity contribution < 1.29 is 24.5 Å². The van der Waals surface area contributed by atoms with Crippen LogP contribution in [0.1, 0.15) is 5.71 Å². The lowest BCUT2D eigenvalue weighted by molar-refractivity contribution is -0.00100. The molecule has 4 heavy (non-hydrogen) atoms. The first-order valence-corrected chi connectivity index (χ1v) is 0. The van der Waals surface area contributed by atoms with Crippen molar-refractivity contribution in [1.29, 1.82) is 0 Å². The lowest BCUT2D eigenvalue weighted by atomic mass is 19.0. The summed E-state index contributed by atoms with van der Waals surface area (Å²) in [6.07, 6.45) is 0. The third-order valence-corrected chi connectivity index (χ3v) is 0. The monoisotopic (exact) mass is 80.0 g/mol. The van der Waals surface area contributed by atoms with E-state index >= 15 is 0 Å². The van der Waals surface area contributed by atoms with E-state index in [1.54, 1.807) is 0 Å². The van der Waals surface area contributed by atoms with Crippen molar-refractivity contribution in [3.05, 3.63) is 0 Å². The highest BCUT2D eigenvalue weighted by atomic mass is 19.0. The van der Waals surface area contributed by atoms with Crippen molar-refractivity contribution >= 4 is 0 Å². The van der Waals surface area contributed by atoms with E-state index in [9.17, 15) is 0 Å². The minimum absolute atomic E-state index is 0. The SMILES string of the molecule is [F-].[F-].[F-].[F-].[H+].[H+].[H+].[H+]. The molecule has 0 aliphatic carbocycles. The summed E-state index contributed by atoms with van der Waals surface area (Å²) < 4.78 is 0. The summed E-state index contributed by atoms with van der Waals surface area (Å²) >= 11 is 0. The lowest BCUT2D eigenvalue weighted by Crippen LogP contribution is -3.00. The maximum atomic E-state index is 0. The molecule has 0 atom stereocenters. The highest BCUT2D eigenvalue weighted by Gasteiger charge is -0.997. The normalized spacial score (nSPS) is 0. The van der Waals surface area contributed by atoms with Crippen LogP contribution in [0.2, 0.25) is 0 Å². The standard InChI is InChI=1S/4FH/h4*1H. The fraction of sp³-hybridized carbons (Fsp3) is 0. The molecule has 0 nitrogen and oxygen atoms in total. The van der Waals surface area contributed by atoms with Gasteiger partial charge in [0, 0.05) is 0 Å². The Balaban J connectivity index is 0. The van der Waals surface area contributed by atoms with Gasteiger partial charge in [0.25, 0.3) is 0 Å². The molecule has 0 aliphatic rings. The van der Waals surface area contributed by atoms with Crippen LogP contribution >= 0.6 is 0 Å². The second kappa shape index (κ2) is 103. The van der Waals surface area contributed by atoms with E-state index in [1.807, 2.05) is 0 Å². The molecule has 0 rings (SSSR count). The van der Waals surface area contributed by atoms with Gasteiger partial charge in [-0.1, -0.05) is 0 Å². The van der Waals surface area contributed by atoms with Crippen molar-refractivity contribution in [2.45, 2.75) is 0 Å². The lowest BCUT2D eigenvalue weighted by Gasteiger charge is -1.00. The zero-order chi connectivity index (χ0) is 0. The maximum absolute atomic E-state index is 0. The van der Waals surface area contributed by atoms with Crippen LogP contribution in [0.5, 0.6) is 0 Å². The highest BCUT2D eigenvalue weighted by Crippen LogP contribution is -2.99. The molecule has 0 aromatic carbocycles. The summed E-state index contributed by atoms with van der Waals surface area (Å²) in [7, 11) is 0. The van der Waals surface area contributed by atoms with Crippen molar-refractivity contribution in [2.75, 3.05) is 0 Å². The molecule has 0 bridgehead atoms. The van der Waals surface area contributed by atoms with Gasteiger partial charge < -0.3 is 18.8 Å². The van der Waals surface area contributed by atoms with Gasteiger partial charge in [-0.05, 0) is 0 Å². The van der Waals surface area contributed by atoms with E-state index in [0.717, 1.165) is 0 Å². The largest absolute Gasteiger partial charge is 1.00 e. The summed E-state index contributed by atoms with van der Waals surface area (Å²) in [5.41, 5.74) is 0. The Bertz CT molecular complexity index is 8.00. The molecule has 4 heteroatoms. The van der Waals surface area contributed by atoms with Crippen molar-refractivity contribution in [3.8, 4) is 0 Å². The predicted molar refractivity (Wildman–Crippen MR) is 4.45 cm³/mol. The van der Waals surface area contributed by atoms with Crippen LogP contribution in [0, 0.1) is 0 Å². The molecule has 0 fully saturated rings. The van der Waals surface area contributed by atoms with Gasteiger partial charge in [-0.15, -0.1) is 0 Å². The summed E-state index contributed by atoms with van der Waals surface area (Å²) in [6, 6.07) is 0. The molecule has 0 aromatic rings. The van der Waals surface area contributed by atoms with Crippen LogP contribution in [0.25, 0.3) is 0 Å². The Morgan fingerprint density at radius 3 is 0.500 bits per heavy atom. The molecule has 0 heterocycles. The Kier molecular flexibility index (Phi) is 9010. The first-order valence-electron chi connectivity index (χ1n) is 0. The summed E-state index contributed by atoms with van der Waals surface area (Å²) in [5, 5.41) is 0. The molecule has 0 saturated heterocycles. The van der Waals surface area contributed by atoms with Crippen LogP contribution in [-0.2, 0) is 0 Å². The second-order valence-corrected chi connectivity index (χ2v) is 0. The minimum atomic E-state index is 0. The molecule has 0 spiro atoms. The van der Waals surface area contributed by atoms with E-state index in [0.29, 0.717) is 0 Å². The summed E-state index contributed by atoms with van der Waals surface area (Å²) in [6.45, 7) is 0. The van der Waals surface area contributed by atoms with Gasteiger partial charge in [-0.25, -0.2) is 0 Å². The predicted octanol–water partition coefficient (Wildman–Crippen LogP) is -11.5. The van der Waals surface area contributed by atoms with Crippen molar-refractivity contribution in [3.63, 3.8) is 0 Å². The zero-order valence-corrected chi connectivity index (χ0v) is 1.51. The Morgan fingerprint density at radius 2 is 0.500 bits per heavy atom. The summed E-state index contributed by atoms with van der Waals surface area (Å²) in [5.74, 6) is 0. The molecule has 0 radical (unpaired) electrons. The Morgan fingerprint density at radius 1 is 0.500 bits per heavy atom. The molecule has 0 unspecified atom stereocenters. The first-order chi connectivity index (χ1) is 0. The van der Waals surface area contributed by atoms with E-state index in [2.05, 4.69) is 0 Å². The number of hydrogen-bond donors (Lipinski definition) is 0. The first kappa shape index (κ1) is 351. The zero-order valence-electron chi connectivity index (χ0n) is 5.51. The third-order valence-electron chi connectivity index (χ3n) is 0. The average molecular weight is 80.0 g/mol. The van der Waals surface area contributed by atoms with Gasteiger partial charge >= 0.3 is 5.71 Å². The molecular weight excluding hydrogens is 76.0 g/mol. The van der Waals surface area contributed by atoms with Crippen LogP contribution < -0.4 is 18.8 Å². The highest BCUT2D eigenvalue weighted by molar-refractivity contribution is 0.00300. The fourth-order valence-electron chi connectivity index (χ4n) is 0. The van der Waals surface area contributed by atoms with Crippen LogP contribution in [-0.4, -0.2) is 0 Å². The Labute approximate surface area is 26.2 Å². The molecule has 32 valence electrons. The summed E-state index contributed by atoms with van der Waals surface area (Å²) in [4.78, 5) is 0. The molecule has 0 aliphatic heterocycles. The second-order valence-electron chi connectivity index (χ2n) is 0. The fourth-order valence-corrected chi connectivity index (χ4v) is 0. The molecule has 0 saturated carbocycles. The van der Waals surface area contributed by atoms with Gasteiger partial charge in [-0.3, -0.25) is 0 Å². The van der Waals surface area contributed by atoms with E-state index < -0.39 is 0 Å². The number of rotatable bonds is 0. The third kappa shape index (κ3) is 11.4. The van der Waals surface area contributed by atoms with Gasteiger partial charge in [0.15, 0.2) is 0 Å². The van der Waals surface area contributed by atoms with Gasteiger partial charge in [0.1, 0.15) is 0 Å². The molecule has 0 aromatic heterocycles. The van der Waals surface area contributed by atoms with Gasteiger partial charge in [-0.2, -0.15) is 0 Å². The van der Waals surface area contributed by atoms with Crippen molar-refractivity contribution in [1.82, 2.24) is 0 Å². The molecule has 0 amide bonds. The molecular formula is H4F4. The van der Waals surface area contributed by atoms with E-state index in [1.165, 1.54) is 0 Å². The maximum Gasteiger partial charge on any atom is 1.00 e. The average Bonchev–Trinajstić information content (AvgIpc) is 0. The van der Waals surface area contributed by atoms with Crippen molar-refractivity contribution in [2.24, 2.45) is 0 Å². The Hall–Kier alpha value is -0.280. The number of halogens is 4. The van der Waals surface area contributed by atoms with Gasteiger partial charge in [0.2, 0.25) is 0 Å². The van der Waals surface area contributed by atoms with E-state index in [-0.39, 0.29) is 24.5 Å². The smallest absolute Gasteiger partial charge is 1.00 e. The minimum Gasteiger partial charge on any atom is -1.00 e. The van der Waals surface area contributed by atoms with Gasteiger partial charge in [0.05, 0.1) is 0 Å². The topological polar surface area (TPSA) is 0 Å².